The molecule has 0 spiro atoms. The maximum atomic E-state index is 12.7. The number of rotatable bonds is 5. The molecular formula is C22H22N4O4S. The predicted octanol–water partition coefficient (Wildman–Crippen LogP) is 2.56. The van der Waals surface area contributed by atoms with Gasteiger partial charge in [0.05, 0.1) is 4.90 Å². The quantitative estimate of drug-likeness (QED) is 0.774. The number of hydrogen-bond acceptors (Lipinski definition) is 4. The minimum atomic E-state index is -3.89. The molecule has 2 amide bonds. The molecule has 1 fully saturated rings. The molecule has 8 nitrogen and oxygen atoms in total. The Bertz CT molecular complexity index is 1180. The highest BCUT2D eigenvalue weighted by Crippen LogP contribution is 2.31. The van der Waals surface area contributed by atoms with Crippen LogP contribution in [0.3, 0.4) is 0 Å². The van der Waals surface area contributed by atoms with Gasteiger partial charge in [0, 0.05) is 42.5 Å². The molecular weight excluding hydrogens is 416 g/mol. The lowest BCUT2D eigenvalue weighted by molar-refractivity contribution is -0.116. The number of fused-ring (bicyclic) bond motifs is 1. The minimum Gasteiger partial charge on any atom is -0.362 e. The number of carbonyl (C=O) groups is 2. The summed E-state index contributed by atoms with van der Waals surface area (Å²) in [5.41, 5.74) is 1.97. The number of benzene rings is 2. The van der Waals surface area contributed by atoms with E-state index in [1.54, 1.807) is 30.3 Å². The Morgan fingerprint density at radius 2 is 1.90 bits per heavy atom. The second kappa shape index (κ2) is 7.99. The van der Waals surface area contributed by atoms with Crippen molar-refractivity contribution in [3.8, 4) is 0 Å². The minimum absolute atomic E-state index is 0.00726. The van der Waals surface area contributed by atoms with E-state index in [2.05, 4.69) is 16.3 Å². The molecule has 4 rings (SSSR count). The molecule has 0 unspecified atom stereocenters. The van der Waals surface area contributed by atoms with Crippen LogP contribution in [0.2, 0.25) is 0 Å². The van der Waals surface area contributed by atoms with Crippen LogP contribution < -0.4 is 5.32 Å². The van der Waals surface area contributed by atoms with Crippen molar-refractivity contribution >= 4 is 39.1 Å². The fourth-order valence-corrected chi connectivity index (χ4v) is 4.82. The average Bonchev–Trinajstić information content (AvgIpc) is 3.24. The van der Waals surface area contributed by atoms with Gasteiger partial charge in [0.25, 0.3) is 15.9 Å². The van der Waals surface area contributed by atoms with Crippen molar-refractivity contribution in [3.63, 3.8) is 0 Å². The fourth-order valence-electron chi connectivity index (χ4n) is 3.68. The van der Waals surface area contributed by atoms with E-state index in [0.717, 1.165) is 13.0 Å². The van der Waals surface area contributed by atoms with Gasteiger partial charge in [0.1, 0.15) is 12.4 Å². The first-order valence-electron chi connectivity index (χ1n) is 9.81. The Morgan fingerprint density at radius 3 is 2.58 bits per heavy atom. The Kier molecular flexibility index (Phi) is 5.36. The molecule has 2 aromatic carbocycles. The van der Waals surface area contributed by atoms with Crippen molar-refractivity contribution in [3.05, 3.63) is 66.2 Å². The van der Waals surface area contributed by atoms with E-state index in [4.69, 9.17) is 0 Å². The lowest BCUT2D eigenvalue weighted by atomic mass is 10.1. The zero-order valence-electron chi connectivity index (χ0n) is 17.0. The van der Waals surface area contributed by atoms with Crippen LogP contribution in [0.5, 0.6) is 0 Å². The normalized spacial score (nSPS) is 17.4. The highest BCUT2D eigenvalue weighted by atomic mass is 32.2. The zero-order chi connectivity index (χ0) is 22.2. The average molecular weight is 439 g/mol. The third-order valence-corrected chi connectivity index (χ3v) is 6.62. The van der Waals surface area contributed by atoms with Crippen LogP contribution >= 0.6 is 0 Å². The van der Waals surface area contributed by atoms with Crippen LogP contribution in [-0.4, -0.2) is 56.0 Å². The molecule has 1 saturated heterocycles. The summed E-state index contributed by atoms with van der Waals surface area (Å²) in [5, 5.41) is 2.65. The molecule has 0 aliphatic carbocycles. The van der Waals surface area contributed by atoms with E-state index in [-0.39, 0.29) is 17.3 Å². The maximum Gasteiger partial charge on any atom is 0.284 e. The summed E-state index contributed by atoms with van der Waals surface area (Å²) in [5.74, 6) is -0.220. The first-order chi connectivity index (χ1) is 14.8. The van der Waals surface area contributed by atoms with Gasteiger partial charge in [-0.15, -0.1) is 4.40 Å². The molecule has 2 heterocycles. The standard InChI is InChI=1S/C22H22N4O4S/c1-15-18-9-3-4-10-19(18)22(28)26(15)14-21(27)23-16-7-5-8-17(13-16)31(29,30)24-20-11-6-12-25(20)2/h3-5,7-10,13H,1,6,11-12,14H2,2H3,(H,23,27)/b24-20+. The summed E-state index contributed by atoms with van der Waals surface area (Å²) in [7, 11) is -2.09. The monoisotopic (exact) mass is 438 g/mol. The predicted molar refractivity (Wildman–Crippen MR) is 118 cm³/mol. The molecule has 0 aromatic heterocycles. The van der Waals surface area contributed by atoms with E-state index >= 15 is 0 Å². The van der Waals surface area contributed by atoms with E-state index in [1.807, 2.05) is 11.9 Å². The smallest absolute Gasteiger partial charge is 0.284 e. The molecule has 0 bridgehead atoms. The molecule has 9 heteroatoms. The van der Waals surface area contributed by atoms with Gasteiger partial charge in [-0.2, -0.15) is 8.42 Å². The van der Waals surface area contributed by atoms with Gasteiger partial charge < -0.3 is 10.2 Å². The third-order valence-electron chi connectivity index (χ3n) is 5.32. The highest BCUT2D eigenvalue weighted by Gasteiger charge is 2.32. The summed E-state index contributed by atoms with van der Waals surface area (Å²) in [6.07, 6.45) is 1.48. The fraction of sp³-hybridized carbons (Fsp3) is 0.227. The van der Waals surface area contributed by atoms with Crippen LogP contribution in [0.1, 0.15) is 28.8 Å². The summed E-state index contributed by atoms with van der Waals surface area (Å²) < 4.78 is 29.3. The van der Waals surface area contributed by atoms with Crippen molar-refractivity contribution in [2.45, 2.75) is 17.7 Å². The number of carbonyl (C=O) groups excluding carboxylic acids is 2. The van der Waals surface area contributed by atoms with Crippen molar-refractivity contribution in [2.75, 3.05) is 25.5 Å². The second-order valence-electron chi connectivity index (χ2n) is 7.47. The molecule has 2 aliphatic heterocycles. The number of nitrogens with one attached hydrogen (secondary N) is 1. The molecule has 0 saturated carbocycles. The van der Waals surface area contributed by atoms with E-state index < -0.39 is 15.9 Å². The number of anilines is 1. The van der Waals surface area contributed by atoms with Crippen LogP contribution in [0.25, 0.3) is 5.70 Å². The molecule has 2 aliphatic rings. The Labute approximate surface area is 180 Å². The third kappa shape index (κ3) is 4.09. The zero-order valence-corrected chi connectivity index (χ0v) is 17.9. The van der Waals surface area contributed by atoms with Crippen molar-refractivity contribution in [1.82, 2.24) is 9.80 Å². The molecule has 160 valence electrons. The Morgan fingerprint density at radius 1 is 1.16 bits per heavy atom. The van der Waals surface area contributed by atoms with Crippen molar-refractivity contribution in [1.29, 1.82) is 0 Å². The van der Waals surface area contributed by atoms with Crippen LogP contribution in [-0.2, 0) is 14.8 Å². The first kappa shape index (κ1) is 20.8. The van der Waals surface area contributed by atoms with Crippen LogP contribution in [0.4, 0.5) is 5.69 Å². The summed E-state index contributed by atoms with van der Waals surface area (Å²) in [6, 6.07) is 13.0. The number of nitrogens with zero attached hydrogens (tertiary/aromatic N) is 3. The maximum absolute atomic E-state index is 12.7. The van der Waals surface area contributed by atoms with E-state index in [0.29, 0.717) is 34.8 Å². The second-order valence-corrected chi connectivity index (χ2v) is 9.07. The SMILES string of the molecule is C=C1c2ccccc2C(=O)N1CC(=O)Nc1cccc(S(=O)(=O)/N=C2\CCCN2C)c1. The molecule has 0 atom stereocenters. The lowest BCUT2D eigenvalue weighted by Gasteiger charge is -2.17. The summed E-state index contributed by atoms with van der Waals surface area (Å²) >= 11 is 0. The van der Waals surface area contributed by atoms with Gasteiger partial charge in [0.2, 0.25) is 5.91 Å². The summed E-state index contributed by atoms with van der Waals surface area (Å²) in [6.45, 7) is 4.46. The van der Waals surface area contributed by atoms with Gasteiger partial charge in [-0.25, -0.2) is 0 Å². The Balaban J connectivity index is 1.48. The number of sulfonamides is 1. The van der Waals surface area contributed by atoms with Gasteiger partial charge in [-0.1, -0.05) is 30.8 Å². The van der Waals surface area contributed by atoms with Gasteiger partial charge in [-0.3, -0.25) is 14.5 Å². The molecule has 1 N–H and O–H groups in total. The van der Waals surface area contributed by atoms with E-state index in [1.165, 1.54) is 23.1 Å². The Hall–Kier alpha value is -3.46. The van der Waals surface area contributed by atoms with E-state index in [9.17, 15) is 18.0 Å². The number of amidine groups is 1. The molecule has 31 heavy (non-hydrogen) atoms. The number of amides is 2. The van der Waals surface area contributed by atoms with Gasteiger partial charge in [0.15, 0.2) is 0 Å². The van der Waals surface area contributed by atoms with Crippen molar-refractivity contribution in [2.24, 2.45) is 4.40 Å². The van der Waals surface area contributed by atoms with Crippen LogP contribution in [0.15, 0.2) is 64.4 Å². The molecule has 0 radical (unpaired) electrons. The number of likely N-dealkylation sites (tertiary alicyclic amines) is 1. The highest BCUT2D eigenvalue weighted by molar-refractivity contribution is 7.90. The lowest BCUT2D eigenvalue weighted by Crippen LogP contribution is -2.32. The summed E-state index contributed by atoms with van der Waals surface area (Å²) in [4.78, 5) is 28.2. The largest absolute Gasteiger partial charge is 0.362 e. The number of hydrogen-bond donors (Lipinski definition) is 1. The van der Waals surface area contributed by atoms with Crippen molar-refractivity contribution < 1.29 is 18.0 Å². The van der Waals surface area contributed by atoms with Gasteiger partial charge in [-0.05, 0) is 30.7 Å². The first-order valence-corrected chi connectivity index (χ1v) is 11.3. The van der Waals surface area contributed by atoms with Crippen LogP contribution in [0, 0.1) is 0 Å². The topological polar surface area (TPSA) is 99.2 Å². The van der Waals surface area contributed by atoms with Gasteiger partial charge >= 0.3 is 0 Å². The molecule has 2 aromatic rings.